The van der Waals surface area contributed by atoms with Gasteiger partial charge in [-0.2, -0.15) is 0 Å². The molecule has 1 amide bonds. The zero-order valence-corrected chi connectivity index (χ0v) is 18.5. The summed E-state index contributed by atoms with van der Waals surface area (Å²) in [6.45, 7) is 8.32. The highest BCUT2D eigenvalue weighted by molar-refractivity contribution is 5.91. The molecule has 0 aliphatic carbocycles. The molecule has 0 atom stereocenters. The molecular weight excluding hydrogens is 406 g/mol. The minimum Gasteiger partial charge on any atom is -0.356 e. The second kappa shape index (κ2) is 9.13. The highest BCUT2D eigenvalue weighted by Crippen LogP contribution is 2.31. The zero-order chi connectivity index (χ0) is 22.7. The van der Waals surface area contributed by atoms with Gasteiger partial charge in [-0.05, 0) is 18.9 Å². The predicted molar refractivity (Wildman–Crippen MR) is 119 cm³/mol. The Morgan fingerprint density at radius 3 is 2.50 bits per heavy atom. The molecule has 0 radical (unpaired) electrons. The maximum atomic E-state index is 12.3. The number of carbonyl (C=O) groups is 1. The van der Waals surface area contributed by atoms with Crippen molar-refractivity contribution in [3.63, 3.8) is 0 Å². The van der Waals surface area contributed by atoms with Gasteiger partial charge < -0.3 is 14.4 Å². The summed E-state index contributed by atoms with van der Waals surface area (Å²) in [5, 5.41) is 10.7. The van der Waals surface area contributed by atoms with Gasteiger partial charge in [0.2, 0.25) is 5.76 Å². The van der Waals surface area contributed by atoms with Crippen molar-refractivity contribution >= 4 is 5.91 Å². The predicted octanol–water partition coefficient (Wildman–Crippen LogP) is 4.71. The Balaban J connectivity index is 1.55. The van der Waals surface area contributed by atoms with Gasteiger partial charge in [0.15, 0.2) is 5.76 Å². The Labute approximate surface area is 186 Å². The maximum absolute atomic E-state index is 12.3. The van der Waals surface area contributed by atoms with Crippen LogP contribution in [0.25, 0.3) is 22.6 Å². The van der Waals surface area contributed by atoms with E-state index in [-0.39, 0.29) is 17.6 Å². The summed E-state index contributed by atoms with van der Waals surface area (Å²) < 4.78 is 10.5. The third-order valence-corrected chi connectivity index (χ3v) is 5.04. The van der Waals surface area contributed by atoms with Crippen molar-refractivity contribution in [2.75, 3.05) is 0 Å². The highest BCUT2D eigenvalue weighted by atomic mass is 16.5. The summed E-state index contributed by atoms with van der Waals surface area (Å²) in [5.74, 6) is 1.50. The summed E-state index contributed by atoms with van der Waals surface area (Å²) in [4.78, 5) is 21.5. The fraction of sp³-hybridized carbons (Fsp3) is 0.292. The molecule has 8 nitrogen and oxygen atoms in total. The Morgan fingerprint density at radius 2 is 1.88 bits per heavy atom. The average Bonchev–Trinajstić information content (AvgIpc) is 3.46. The number of hydrogen-bond acceptors (Lipinski definition) is 7. The molecule has 32 heavy (non-hydrogen) atoms. The van der Waals surface area contributed by atoms with Crippen LogP contribution in [0.3, 0.4) is 0 Å². The minimum atomic E-state index is -0.290. The van der Waals surface area contributed by atoms with E-state index in [1.54, 1.807) is 12.3 Å². The molecule has 1 aromatic carbocycles. The SMILES string of the molecule is CCc1cc(C(=O)NCc2ccc(-c3nc(C(C)C)ncc3-c3cc(C)no3)cc2)on1. The van der Waals surface area contributed by atoms with Crippen LogP contribution in [0.4, 0.5) is 0 Å². The number of rotatable bonds is 7. The van der Waals surface area contributed by atoms with E-state index in [0.717, 1.165) is 46.0 Å². The van der Waals surface area contributed by atoms with E-state index in [4.69, 9.17) is 14.0 Å². The fourth-order valence-electron chi connectivity index (χ4n) is 3.20. The molecule has 8 heteroatoms. The molecule has 0 saturated heterocycles. The number of benzene rings is 1. The van der Waals surface area contributed by atoms with Gasteiger partial charge in [-0.3, -0.25) is 4.79 Å². The van der Waals surface area contributed by atoms with Gasteiger partial charge in [0.25, 0.3) is 5.91 Å². The number of aromatic nitrogens is 4. The van der Waals surface area contributed by atoms with Crippen LogP contribution >= 0.6 is 0 Å². The van der Waals surface area contributed by atoms with Crippen molar-refractivity contribution in [3.05, 3.63) is 71.1 Å². The molecule has 0 aliphatic heterocycles. The van der Waals surface area contributed by atoms with Crippen LogP contribution in [-0.2, 0) is 13.0 Å². The number of hydrogen-bond donors (Lipinski definition) is 1. The first-order valence-corrected chi connectivity index (χ1v) is 10.6. The molecule has 3 heterocycles. The summed E-state index contributed by atoms with van der Waals surface area (Å²) in [6, 6.07) is 11.4. The molecule has 0 spiro atoms. The molecule has 4 aromatic rings. The van der Waals surface area contributed by atoms with Crippen LogP contribution in [-0.4, -0.2) is 26.2 Å². The quantitative estimate of drug-likeness (QED) is 0.451. The third kappa shape index (κ3) is 4.59. The molecule has 0 unspecified atom stereocenters. The van der Waals surface area contributed by atoms with Crippen molar-refractivity contribution in [3.8, 4) is 22.6 Å². The molecule has 4 rings (SSSR count). The van der Waals surface area contributed by atoms with E-state index in [1.807, 2.05) is 44.2 Å². The number of nitrogens with one attached hydrogen (secondary N) is 1. The maximum Gasteiger partial charge on any atom is 0.290 e. The van der Waals surface area contributed by atoms with Crippen molar-refractivity contribution < 1.29 is 13.8 Å². The van der Waals surface area contributed by atoms with Gasteiger partial charge in [0.1, 0.15) is 5.82 Å². The van der Waals surface area contributed by atoms with Gasteiger partial charge in [0.05, 0.1) is 22.6 Å². The second-order valence-electron chi connectivity index (χ2n) is 7.89. The van der Waals surface area contributed by atoms with Crippen molar-refractivity contribution in [2.45, 2.75) is 46.6 Å². The first kappa shape index (κ1) is 21.4. The van der Waals surface area contributed by atoms with E-state index in [9.17, 15) is 4.79 Å². The fourth-order valence-corrected chi connectivity index (χ4v) is 3.20. The van der Waals surface area contributed by atoms with Crippen molar-refractivity contribution in [1.82, 2.24) is 25.6 Å². The Bertz CT molecular complexity index is 1220. The lowest BCUT2D eigenvalue weighted by atomic mass is 10.0. The van der Waals surface area contributed by atoms with Crippen LogP contribution in [0.2, 0.25) is 0 Å². The van der Waals surface area contributed by atoms with Crippen LogP contribution < -0.4 is 5.32 Å². The minimum absolute atomic E-state index is 0.193. The Morgan fingerprint density at radius 1 is 1.09 bits per heavy atom. The van der Waals surface area contributed by atoms with E-state index in [1.165, 1.54) is 0 Å². The topological polar surface area (TPSA) is 107 Å². The number of amides is 1. The largest absolute Gasteiger partial charge is 0.356 e. The van der Waals surface area contributed by atoms with E-state index in [2.05, 4.69) is 34.5 Å². The summed E-state index contributed by atoms with van der Waals surface area (Å²) in [7, 11) is 0. The third-order valence-electron chi connectivity index (χ3n) is 5.04. The normalized spacial score (nSPS) is 11.2. The molecule has 3 aromatic heterocycles. The number of carbonyl (C=O) groups excluding carboxylic acids is 1. The van der Waals surface area contributed by atoms with Gasteiger partial charge >= 0.3 is 0 Å². The van der Waals surface area contributed by atoms with Gasteiger partial charge in [-0.25, -0.2) is 9.97 Å². The monoisotopic (exact) mass is 431 g/mol. The lowest BCUT2D eigenvalue weighted by Crippen LogP contribution is -2.22. The molecular formula is C24H25N5O3. The first-order valence-electron chi connectivity index (χ1n) is 10.6. The van der Waals surface area contributed by atoms with E-state index in [0.29, 0.717) is 12.3 Å². The zero-order valence-electron chi connectivity index (χ0n) is 18.5. The molecule has 0 saturated carbocycles. The van der Waals surface area contributed by atoms with Crippen LogP contribution in [0, 0.1) is 6.92 Å². The number of nitrogens with zero attached hydrogens (tertiary/aromatic N) is 4. The lowest BCUT2D eigenvalue weighted by Gasteiger charge is -2.11. The van der Waals surface area contributed by atoms with Crippen molar-refractivity contribution in [2.24, 2.45) is 0 Å². The standard InChI is InChI=1S/C24H25N5O3/c1-5-18-11-21(32-29-18)24(30)26-12-16-6-8-17(9-7-16)22-19(20-10-15(4)28-31-20)13-25-23(27-22)14(2)3/h6-11,13-14H,5,12H2,1-4H3,(H,26,30). The molecule has 164 valence electrons. The van der Waals surface area contributed by atoms with E-state index < -0.39 is 0 Å². The summed E-state index contributed by atoms with van der Waals surface area (Å²) >= 11 is 0. The summed E-state index contributed by atoms with van der Waals surface area (Å²) in [6.07, 6.45) is 2.50. The van der Waals surface area contributed by atoms with Crippen LogP contribution in [0.1, 0.15) is 60.0 Å². The van der Waals surface area contributed by atoms with Gasteiger partial charge in [-0.1, -0.05) is 55.4 Å². The average molecular weight is 431 g/mol. The second-order valence-corrected chi connectivity index (χ2v) is 7.89. The smallest absolute Gasteiger partial charge is 0.290 e. The van der Waals surface area contributed by atoms with E-state index >= 15 is 0 Å². The van der Waals surface area contributed by atoms with Crippen LogP contribution in [0.5, 0.6) is 0 Å². The number of aryl methyl sites for hydroxylation is 2. The van der Waals surface area contributed by atoms with Crippen molar-refractivity contribution in [1.29, 1.82) is 0 Å². The van der Waals surface area contributed by atoms with Crippen LogP contribution in [0.15, 0.2) is 51.6 Å². The Hall–Kier alpha value is -3.81. The lowest BCUT2D eigenvalue weighted by molar-refractivity contribution is 0.0914. The molecule has 0 bridgehead atoms. The Kier molecular flexibility index (Phi) is 6.11. The highest BCUT2D eigenvalue weighted by Gasteiger charge is 2.17. The van der Waals surface area contributed by atoms with Gasteiger partial charge in [0, 0.05) is 36.4 Å². The summed E-state index contributed by atoms with van der Waals surface area (Å²) in [5.41, 5.74) is 4.99. The first-order chi connectivity index (χ1) is 15.4. The molecule has 0 fully saturated rings. The molecule has 0 aliphatic rings. The van der Waals surface area contributed by atoms with Gasteiger partial charge in [-0.15, -0.1) is 0 Å². The molecule has 1 N–H and O–H groups in total.